The van der Waals surface area contributed by atoms with E-state index in [9.17, 15) is 12.8 Å². The van der Waals surface area contributed by atoms with Gasteiger partial charge in [0.1, 0.15) is 16.5 Å². The first kappa shape index (κ1) is 16.0. The number of benzene rings is 2. The smallest absolute Gasteiger partial charge is 0.280 e. The molecule has 0 aliphatic carbocycles. The molecule has 0 heterocycles. The van der Waals surface area contributed by atoms with Crippen molar-refractivity contribution in [3.05, 3.63) is 59.4 Å². The summed E-state index contributed by atoms with van der Waals surface area (Å²) in [7, 11) is -2.52. The van der Waals surface area contributed by atoms with Crippen molar-refractivity contribution in [2.75, 3.05) is 7.11 Å². The predicted octanol–water partition coefficient (Wildman–Crippen LogP) is 2.46. The topological polar surface area (TPSA) is 67.8 Å². The number of rotatable bonds is 5. The van der Waals surface area contributed by atoms with E-state index < -0.39 is 15.8 Å². The zero-order valence-corrected chi connectivity index (χ0v) is 12.9. The normalized spacial score (nSPS) is 11.6. The Morgan fingerprint density at radius 3 is 2.64 bits per heavy atom. The Hall–Kier alpha value is -2.41. The van der Waals surface area contributed by atoms with E-state index in [-0.39, 0.29) is 16.2 Å². The lowest BCUT2D eigenvalue weighted by Crippen LogP contribution is -2.19. The molecular weight excluding hydrogens is 307 g/mol. The highest BCUT2D eigenvalue weighted by atomic mass is 32.2. The standard InChI is InChI=1S/C15H15FN2O3S/c1-11-7-8-14(21-2)15(9-11)22(19,20)18-17-10-12-5-3-4-6-13(12)16/h3-10,18H,1-2H3/b17-10+. The number of sulfonamides is 1. The highest BCUT2D eigenvalue weighted by Crippen LogP contribution is 2.24. The second-order valence-corrected chi connectivity index (χ2v) is 6.16. The van der Waals surface area contributed by atoms with Gasteiger partial charge in [-0.2, -0.15) is 18.4 Å². The molecule has 7 heteroatoms. The Kier molecular flexibility index (Phi) is 4.77. The zero-order valence-electron chi connectivity index (χ0n) is 12.1. The fourth-order valence-electron chi connectivity index (χ4n) is 1.79. The quantitative estimate of drug-likeness (QED) is 0.679. The summed E-state index contributed by atoms with van der Waals surface area (Å²) in [5.74, 6) is -0.280. The van der Waals surface area contributed by atoms with Crippen molar-refractivity contribution in [3.63, 3.8) is 0 Å². The number of halogens is 1. The second kappa shape index (κ2) is 6.57. The van der Waals surface area contributed by atoms with Crippen LogP contribution in [0.4, 0.5) is 4.39 Å². The molecule has 2 aromatic carbocycles. The average molecular weight is 322 g/mol. The van der Waals surface area contributed by atoms with Crippen molar-refractivity contribution >= 4 is 16.2 Å². The van der Waals surface area contributed by atoms with Crippen molar-refractivity contribution in [2.45, 2.75) is 11.8 Å². The molecule has 0 bridgehead atoms. The van der Waals surface area contributed by atoms with Crippen molar-refractivity contribution in [2.24, 2.45) is 5.10 Å². The number of hydrazone groups is 1. The molecule has 0 saturated heterocycles. The molecule has 0 radical (unpaired) electrons. The summed E-state index contributed by atoms with van der Waals surface area (Å²) in [4.78, 5) is 2.02. The first-order chi connectivity index (χ1) is 10.4. The first-order valence-corrected chi connectivity index (χ1v) is 7.86. The molecule has 0 aliphatic rings. The van der Waals surface area contributed by atoms with Gasteiger partial charge in [-0.25, -0.2) is 4.39 Å². The molecule has 0 atom stereocenters. The molecule has 0 fully saturated rings. The summed E-state index contributed by atoms with van der Waals surface area (Å²) in [5.41, 5.74) is 0.945. The lowest BCUT2D eigenvalue weighted by Gasteiger charge is -2.09. The molecule has 0 spiro atoms. The van der Waals surface area contributed by atoms with Crippen LogP contribution >= 0.6 is 0 Å². The SMILES string of the molecule is COc1ccc(C)cc1S(=O)(=O)N/N=C/c1ccccc1F. The van der Waals surface area contributed by atoms with Crippen LogP contribution in [0.1, 0.15) is 11.1 Å². The summed E-state index contributed by atoms with van der Waals surface area (Å²) < 4.78 is 42.9. The number of nitrogens with zero attached hydrogens (tertiary/aromatic N) is 1. The Morgan fingerprint density at radius 1 is 1.23 bits per heavy atom. The monoisotopic (exact) mass is 322 g/mol. The molecule has 0 amide bonds. The van der Waals surface area contributed by atoms with Crippen LogP contribution in [0.25, 0.3) is 0 Å². The van der Waals surface area contributed by atoms with E-state index in [1.807, 2.05) is 4.83 Å². The summed E-state index contributed by atoms with van der Waals surface area (Å²) in [6, 6.07) is 10.7. The third-order valence-electron chi connectivity index (χ3n) is 2.89. The van der Waals surface area contributed by atoms with Gasteiger partial charge in [-0.3, -0.25) is 0 Å². The number of nitrogens with one attached hydrogen (secondary N) is 1. The Labute approximate surface area is 128 Å². The van der Waals surface area contributed by atoms with E-state index in [1.54, 1.807) is 25.1 Å². The van der Waals surface area contributed by atoms with Crippen LogP contribution in [0.3, 0.4) is 0 Å². The summed E-state index contributed by atoms with van der Waals surface area (Å²) in [6.07, 6.45) is 1.11. The van der Waals surface area contributed by atoms with Gasteiger partial charge < -0.3 is 4.74 Å². The van der Waals surface area contributed by atoms with E-state index in [4.69, 9.17) is 4.74 Å². The third-order valence-corrected chi connectivity index (χ3v) is 4.13. The number of hydrogen-bond donors (Lipinski definition) is 1. The molecular formula is C15H15FN2O3S. The molecule has 22 heavy (non-hydrogen) atoms. The minimum absolute atomic E-state index is 0.0271. The van der Waals surface area contributed by atoms with E-state index in [0.29, 0.717) is 0 Å². The molecule has 2 aromatic rings. The van der Waals surface area contributed by atoms with Gasteiger partial charge in [0.25, 0.3) is 10.0 Å². The van der Waals surface area contributed by atoms with E-state index in [1.165, 1.54) is 31.4 Å². The highest BCUT2D eigenvalue weighted by molar-refractivity contribution is 7.89. The summed E-state index contributed by atoms with van der Waals surface area (Å²) >= 11 is 0. The molecule has 0 aromatic heterocycles. The van der Waals surface area contributed by atoms with E-state index in [2.05, 4.69) is 5.10 Å². The molecule has 0 aliphatic heterocycles. The third kappa shape index (κ3) is 3.62. The van der Waals surface area contributed by atoms with Gasteiger partial charge in [0.05, 0.1) is 13.3 Å². The molecule has 2 rings (SSSR count). The zero-order chi connectivity index (χ0) is 16.2. The van der Waals surface area contributed by atoms with Gasteiger partial charge in [0, 0.05) is 5.56 Å². The number of methoxy groups -OCH3 is 1. The summed E-state index contributed by atoms with van der Waals surface area (Å²) in [6.45, 7) is 1.76. The number of aryl methyl sites for hydroxylation is 1. The van der Waals surface area contributed by atoms with Gasteiger partial charge in [0.15, 0.2) is 0 Å². The van der Waals surface area contributed by atoms with Crippen molar-refractivity contribution in [1.82, 2.24) is 4.83 Å². The fraction of sp³-hybridized carbons (Fsp3) is 0.133. The minimum atomic E-state index is -3.90. The van der Waals surface area contributed by atoms with Crippen LogP contribution < -0.4 is 9.57 Å². The maximum Gasteiger partial charge on any atom is 0.280 e. The second-order valence-electron chi connectivity index (χ2n) is 4.53. The molecule has 116 valence electrons. The van der Waals surface area contributed by atoms with Crippen molar-refractivity contribution < 1.29 is 17.5 Å². The molecule has 5 nitrogen and oxygen atoms in total. The van der Waals surface area contributed by atoms with Crippen molar-refractivity contribution in [3.8, 4) is 5.75 Å². The predicted molar refractivity (Wildman–Crippen MR) is 82.0 cm³/mol. The Bertz CT molecular complexity index is 804. The van der Waals surface area contributed by atoms with Crippen LogP contribution in [0.2, 0.25) is 0 Å². The van der Waals surface area contributed by atoms with E-state index >= 15 is 0 Å². The van der Waals surface area contributed by atoms with Gasteiger partial charge in [0.2, 0.25) is 0 Å². The van der Waals surface area contributed by atoms with Crippen LogP contribution in [-0.2, 0) is 10.0 Å². The van der Waals surface area contributed by atoms with Gasteiger partial charge in [-0.15, -0.1) is 0 Å². The lowest BCUT2D eigenvalue weighted by molar-refractivity contribution is 0.402. The number of ether oxygens (including phenoxy) is 1. The molecule has 0 saturated carbocycles. The van der Waals surface area contributed by atoms with Crippen LogP contribution in [0, 0.1) is 12.7 Å². The maximum absolute atomic E-state index is 13.4. The fourth-order valence-corrected chi connectivity index (χ4v) is 2.84. The summed E-state index contributed by atoms with van der Waals surface area (Å²) in [5, 5.41) is 3.60. The Balaban J connectivity index is 2.25. The van der Waals surface area contributed by atoms with Crippen LogP contribution in [0.15, 0.2) is 52.5 Å². The van der Waals surface area contributed by atoms with Crippen molar-refractivity contribution in [1.29, 1.82) is 0 Å². The van der Waals surface area contributed by atoms with Crippen LogP contribution in [0.5, 0.6) is 5.75 Å². The number of hydrogen-bond acceptors (Lipinski definition) is 4. The van der Waals surface area contributed by atoms with Gasteiger partial charge >= 0.3 is 0 Å². The van der Waals surface area contributed by atoms with Gasteiger partial charge in [-0.05, 0) is 30.7 Å². The maximum atomic E-state index is 13.4. The largest absolute Gasteiger partial charge is 0.495 e. The van der Waals surface area contributed by atoms with Crippen LogP contribution in [-0.4, -0.2) is 21.7 Å². The Morgan fingerprint density at radius 2 is 1.95 bits per heavy atom. The first-order valence-electron chi connectivity index (χ1n) is 6.38. The van der Waals surface area contributed by atoms with E-state index in [0.717, 1.165) is 11.8 Å². The average Bonchev–Trinajstić information content (AvgIpc) is 2.49. The molecule has 1 N–H and O–H groups in total. The van der Waals surface area contributed by atoms with Gasteiger partial charge in [-0.1, -0.05) is 24.3 Å². The lowest BCUT2D eigenvalue weighted by atomic mass is 10.2. The minimum Gasteiger partial charge on any atom is -0.495 e. The molecule has 0 unspecified atom stereocenters. The highest BCUT2D eigenvalue weighted by Gasteiger charge is 2.18.